The largest absolute Gasteiger partial charge is 0.491 e. The van der Waals surface area contributed by atoms with E-state index in [0.717, 1.165) is 12.0 Å². The van der Waals surface area contributed by atoms with Gasteiger partial charge in [-0.2, -0.15) is 9.78 Å². The number of rotatable bonds is 7. The minimum Gasteiger partial charge on any atom is -0.491 e. The number of hydrogen-bond acceptors (Lipinski definition) is 6. The van der Waals surface area contributed by atoms with Crippen molar-refractivity contribution in [1.29, 1.82) is 5.41 Å². The summed E-state index contributed by atoms with van der Waals surface area (Å²) in [4.78, 5) is 29.7. The Labute approximate surface area is 222 Å². The molecule has 3 aromatic rings. The molecular formula is C28H35N7O3. The maximum absolute atomic E-state index is 13.6. The van der Waals surface area contributed by atoms with Crippen molar-refractivity contribution in [3.05, 3.63) is 77.0 Å². The Hall–Kier alpha value is -4.34. The van der Waals surface area contributed by atoms with Crippen molar-refractivity contribution >= 4 is 23.6 Å². The molecule has 4 rings (SSSR count). The summed E-state index contributed by atoms with van der Waals surface area (Å²) in [7, 11) is 5.06. The van der Waals surface area contributed by atoms with E-state index in [-0.39, 0.29) is 29.6 Å². The van der Waals surface area contributed by atoms with Gasteiger partial charge >= 0.3 is 6.03 Å². The van der Waals surface area contributed by atoms with Crippen LogP contribution in [-0.4, -0.2) is 71.6 Å². The highest BCUT2D eigenvalue weighted by molar-refractivity contribution is 5.98. The number of hydrogen-bond donors (Lipinski definition) is 3. The Balaban J connectivity index is 1.72. The van der Waals surface area contributed by atoms with E-state index in [1.165, 1.54) is 4.68 Å². The number of amides is 2. The Kier molecular flexibility index (Phi) is 7.99. The molecule has 2 amide bonds. The van der Waals surface area contributed by atoms with Gasteiger partial charge < -0.3 is 25.6 Å². The number of nitrogen functional groups attached to an aromatic ring is 1. The van der Waals surface area contributed by atoms with E-state index >= 15 is 0 Å². The van der Waals surface area contributed by atoms with Gasteiger partial charge in [-0.25, -0.2) is 4.79 Å². The van der Waals surface area contributed by atoms with Crippen LogP contribution in [0, 0.1) is 11.3 Å². The molecular weight excluding hydrogens is 482 g/mol. The van der Waals surface area contributed by atoms with Gasteiger partial charge in [0, 0.05) is 50.8 Å². The van der Waals surface area contributed by atoms with Gasteiger partial charge in [0.2, 0.25) is 0 Å². The first kappa shape index (κ1) is 26.7. The fourth-order valence-electron chi connectivity index (χ4n) is 4.74. The first-order valence-corrected chi connectivity index (χ1v) is 12.6. The van der Waals surface area contributed by atoms with E-state index in [9.17, 15) is 9.59 Å². The van der Waals surface area contributed by atoms with Crippen molar-refractivity contribution in [2.75, 3.05) is 39.6 Å². The van der Waals surface area contributed by atoms with Crippen molar-refractivity contribution in [2.45, 2.75) is 25.8 Å². The number of nitrogens with two attached hydrogens (primary N) is 1. The normalized spacial score (nSPS) is 17.1. The molecule has 0 saturated carbocycles. The van der Waals surface area contributed by atoms with E-state index in [4.69, 9.17) is 21.0 Å². The lowest BCUT2D eigenvalue weighted by Crippen LogP contribution is -2.46. The molecule has 0 spiro atoms. The van der Waals surface area contributed by atoms with Gasteiger partial charge in [-0.1, -0.05) is 49.4 Å². The quantitative estimate of drug-likeness (QED) is 0.324. The molecule has 4 N–H and O–H groups in total. The van der Waals surface area contributed by atoms with Crippen LogP contribution in [0.3, 0.4) is 0 Å². The molecule has 10 heteroatoms. The molecule has 0 aliphatic carbocycles. The van der Waals surface area contributed by atoms with Gasteiger partial charge in [-0.05, 0) is 30.0 Å². The molecule has 1 aliphatic heterocycles. The van der Waals surface area contributed by atoms with Crippen molar-refractivity contribution in [3.63, 3.8) is 0 Å². The monoisotopic (exact) mass is 517 g/mol. The second-order valence-corrected chi connectivity index (χ2v) is 9.81. The topological polar surface area (TPSA) is 130 Å². The SMILES string of the molecule is COc1c(C2CN(C(=O)N(C)C)CCC2C)nn(C(=O)c2ccccc2)c1NCc1ccc(C(=N)N)cc1. The summed E-state index contributed by atoms with van der Waals surface area (Å²) in [6, 6.07) is 16.3. The van der Waals surface area contributed by atoms with Crippen molar-refractivity contribution in [2.24, 2.45) is 11.7 Å². The fourth-order valence-corrected chi connectivity index (χ4v) is 4.74. The third kappa shape index (κ3) is 5.49. The number of carbonyl (C=O) groups is 2. The van der Waals surface area contributed by atoms with E-state index in [0.29, 0.717) is 48.0 Å². The lowest BCUT2D eigenvalue weighted by molar-refractivity contribution is 0.0945. The van der Waals surface area contributed by atoms with E-state index in [2.05, 4.69) is 12.2 Å². The van der Waals surface area contributed by atoms with Crippen LogP contribution in [0.2, 0.25) is 0 Å². The Morgan fingerprint density at radius 1 is 1.13 bits per heavy atom. The van der Waals surface area contributed by atoms with Gasteiger partial charge in [0.1, 0.15) is 11.5 Å². The van der Waals surface area contributed by atoms with Crippen LogP contribution in [0.1, 0.15) is 46.4 Å². The highest BCUT2D eigenvalue weighted by atomic mass is 16.5. The van der Waals surface area contributed by atoms with Crippen LogP contribution in [0.4, 0.5) is 10.6 Å². The number of aromatic nitrogens is 2. The Morgan fingerprint density at radius 2 is 1.82 bits per heavy atom. The zero-order chi connectivity index (χ0) is 27.4. The maximum Gasteiger partial charge on any atom is 0.319 e. The minimum atomic E-state index is -0.283. The van der Waals surface area contributed by atoms with Gasteiger partial charge in [0.25, 0.3) is 5.91 Å². The lowest BCUT2D eigenvalue weighted by Gasteiger charge is -2.37. The molecule has 2 atom stereocenters. The number of carbonyl (C=O) groups excluding carboxylic acids is 2. The van der Waals surface area contributed by atoms with E-state index < -0.39 is 0 Å². The number of benzene rings is 2. The highest BCUT2D eigenvalue weighted by Crippen LogP contribution is 2.41. The molecule has 1 fully saturated rings. The lowest BCUT2D eigenvalue weighted by atomic mass is 9.84. The number of likely N-dealkylation sites (tertiary alicyclic amines) is 1. The Bertz CT molecular complexity index is 1300. The first-order chi connectivity index (χ1) is 18.2. The van der Waals surface area contributed by atoms with Crippen molar-refractivity contribution in [1.82, 2.24) is 19.6 Å². The third-order valence-corrected chi connectivity index (χ3v) is 6.97. The fraction of sp³-hybridized carbons (Fsp3) is 0.357. The highest BCUT2D eigenvalue weighted by Gasteiger charge is 2.36. The number of nitrogens with one attached hydrogen (secondary N) is 2. The molecule has 1 aliphatic rings. The van der Waals surface area contributed by atoms with E-state index in [1.54, 1.807) is 50.4 Å². The predicted octanol–water partition coefficient (Wildman–Crippen LogP) is 3.58. The van der Waals surface area contributed by atoms with Crippen LogP contribution >= 0.6 is 0 Å². The predicted molar refractivity (Wildman–Crippen MR) is 147 cm³/mol. The van der Waals surface area contributed by atoms with Crippen LogP contribution in [0.25, 0.3) is 0 Å². The maximum atomic E-state index is 13.6. The standard InChI is InChI=1S/C28H35N7O3/c1-18-14-15-34(28(37)33(2)3)17-22(18)23-24(38-4)26(31-16-19-10-12-20(13-11-19)25(29)30)35(32-23)27(36)21-8-6-5-7-9-21/h5-13,18,22,31H,14-17H2,1-4H3,(H3,29,30). The first-order valence-electron chi connectivity index (χ1n) is 12.6. The van der Waals surface area contributed by atoms with Gasteiger partial charge in [-0.15, -0.1) is 0 Å². The second kappa shape index (κ2) is 11.4. The number of urea groups is 1. The number of ether oxygens (including phenoxy) is 1. The molecule has 10 nitrogen and oxygen atoms in total. The summed E-state index contributed by atoms with van der Waals surface area (Å²) in [5.41, 5.74) is 8.30. The zero-order valence-corrected chi connectivity index (χ0v) is 22.3. The van der Waals surface area contributed by atoms with Gasteiger partial charge in [0.15, 0.2) is 11.6 Å². The molecule has 2 aromatic carbocycles. The summed E-state index contributed by atoms with van der Waals surface area (Å²) in [6.07, 6.45) is 0.818. The minimum absolute atomic E-state index is 0.00532. The van der Waals surface area contributed by atoms with Crippen LogP contribution in [0.5, 0.6) is 5.75 Å². The molecule has 0 radical (unpaired) electrons. The van der Waals surface area contributed by atoms with Gasteiger partial charge in [0.05, 0.1) is 7.11 Å². The van der Waals surface area contributed by atoms with Crippen molar-refractivity contribution < 1.29 is 14.3 Å². The molecule has 1 aromatic heterocycles. The smallest absolute Gasteiger partial charge is 0.319 e. The number of methoxy groups -OCH3 is 1. The number of piperidine rings is 1. The summed E-state index contributed by atoms with van der Waals surface area (Å²) in [5.74, 6) is 0.793. The zero-order valence-electron chi connectivity index (χ0n) is 22.3. The average Bonchev–Trinajstić information content (AvgIpc) is 3.30. The second-order valence-electron chi connectivity index (χ2n) is 9.81. The number of nitrogens with zero attached hydrogens (tertiary/aromatic N) is 4. The summed E-state index contributed by atoms with van der Waals surface area (Å²) < 4.78 is 7.24. The molecule has 200 valence electrons. The molecule has 2 unspecified atom stereocenters. The number of anilines is 1. The van der Waals surface area contributed by atoms with Crippen LogP contribution < -0.4 is 15.8 Å². The average molecular weight is 518 g/mol. The molecule has 2 heterocycles. The van der Waals surface area contributed by atoms with Gasteiger partial charge in [-0.3, -0.25) is 10.2 Å². The van der Waals surface area contributed by atoms with E-state index in [1.807, 2.05) is 35.2 Å². The third-order valence-electron chi connectivity index (χ3n) is 6.97. The summed E-state index contributed by atoms with van der Waals surface area (Å²) in [6.45, 7) is 3.69. The Morgan fingerprint density at radius 3 is 2.42 bits per heavy atom. The van der Waals surface area contributed by atoms with Crippen LogP contribution in [-0.2, 0) is 6.54 Å². The summed E-state index contributed by atoms with van der Waals surface area (Å²) >= 11 is 0. The molecule has 38 heavy (non-hydrogen) atoms. The molecule has 1 saturated heterocycles. The van der Waals surface area contributed by atoms with Crippen LogP contribution in [0.15, 0.2) is 54.6 Å². The van der Waals surface area contributed by atoms with Crippen molar-refractivity contribution in [3.8, 4) is 5.75 Å². The summed E-state index contributed by atoms with van der Waals surface area (Å²) in [5, 5.41) is 15.8. The molecule has 0 bridgehead atoms. The number of amidine groups is 1.